The van der Waals surface area contributed by atoms with Gasteiger partial charge in [0.15, 0.2) is 6.10 Å². The molecule has 1 aromatic carbocycles. The first-order chi connectivity index (χ1) is 8.58. The molecular formula is C14H15NO2S. The molecule has 0 spiro atoms. The Labute approximate surface area is 110 Å². The van der Waals surface area contributed by atoms with Gasteiger partial charge in [-0.25, -0.2) is 0 Å². The zero-order valence-electron chi connectivity index (χ0n) is 10.3. The van der Waals surface area contributed by atoms with Gasteiger partial charge in [0.05, 0.1) is 10.6 Å². The van der Waals surface area contributed by atoms with Crippen molar-refractivity contribution in [1.29, 1.82) is 0 Å². The predicted molar refractivity (Wildman–Crippen MR) is 74.3 cm³/mol. The van der Waals surface area contributed by atoms with E-state index in [2.05, 4.69) is 0 Å². The SMILES string of the molecule is Cc1ccc(OC(C)C(=O)c2cccs2)c(N)c1. The number of hydrogen-bond donors (Lipinski definition) is 1. The summed E-state index contributed by atoms with van der Waals surface area (Å²) in [5.41, 5.74) is 7.48. The van der Waals surface area contributed by atoms with E-state index in [9.17, 15) is 4.79 Å². The predicted octanol–water partition coefficient (Wildman–Crippen LogP) is 3.29. The van der Waals surface area contributed by atoms with E-state index in [0.717, 1.165) is 5.56 Å². The lowest BCUT2D eigenvalue weighted by Crippen LogP contribution is -2.23. The summed E-state index contributed by atoms with van der Waals surface area (Å²) in [6.45, 7) is 3.70. The number of nitrogen functional groups attached to an aromatic ring is 1. The largest absolute Gasteiger partial charge is 0.480 e. The number of hydrogen-bond acceptors (Lipinski definition) is 4. The molecule has 0 aliphatic rings. The van der Waals surface area contributed by atoms with Crippen molar-refractivity contribution in [3.05, 3.63) is 46.2 Å². The molecule has 2 aromatic rings. The van der Waals surface area contributed by atoms with Gasteiger partial charge in [0.1, 0.15) is 5.75 Å². The lowest BCUT2D eigenvalue weighted by atomic mass is 10.2. The van der Waals surface area contributed by atoms with E-state index >= 15 is 0 Å². The zero-order chi connectivity index (χ0) is 13.1. The van der Waals surface area contributed by atoms with Crippen molar-refractivity contribution in [2.75, 3.05) is 5.73 Å². The van der Waals surface area contributed by atoms with Crippen LogP contribution >= 0.6 is 11.3 Å². The van der Waals surface area contributed by atoms with Crippen molar-refractivity contribution in [3.63, 3.8) is 0 Å². The fourth-order valence-electron chi connectivity index (χ4n) is 1.64. The number of rotatable bonds is 4. The van der Waals surface area contributed by atoms with Crippen LogP contribution in [0.25, 0.3) is 0 Å². The summed E-state index contributed by atoms with van der Waals surface area (Å²) in [5, 5.41) is 1.88. The molecule has 1 aromatic heterocycles. The minimum absolute atomic E-state index is 0.0232. The normalized spacial score (nSPS) is 12.1. The van der Waals surface area contributed by atoms with Crippen LogP contribution in [0.3, 0.4) is 0 Å². The first-order valence-corrected chi connectivity index (χ1v) is 6.56. The Balaban J connectivity index is 2.11. The summed E-state index contributed by atoms with van der Waals surface area (Å²) in [4.78, 5) is 12.7. The average molecular weight is 261 g/mol. The number of nitrogens with two attached hydrogens (primary N) is 1. The van der Waals surface area contributed by atoms with Gasteiger partial charge < -0.3 is 10.5 Å². The fourth-order valence-corrected chi connectivity index (χ4v) is 2.38. The molecule has 1 heterocycles. The highest BCUT2D eigenvalue weighted by Crippen LogP contribution is 2.24. The summed E-state index contributed by atoms with van der Waals surface area (Å²) in [5.74, 6) is 0.531. The van der Waals surface area contributed by atoms with Crippen molar-refractivity contribution < 1.29 is 9.53 Å². The molecule has 3 nitrogen and oxygen atoms in total. The van der Waals surface area contributed by atoms with Gasteiger partial charge in [-0.15, -0.1) is 11.3 Å². The molecular weight excluding hydrogens is 246 g/mol. The van der Waals surface area contributed by atoms with Crippen LogP contribution in [-0.4, -0.2) is 11.9 Å². The van der Waals surface area contributed by atoms with Crippen LogP contribution in [-0.2, 0) is 0 Å². The van der Waals surface area contributed by atoms with Gasteiger partial charge >= 0.3 is 0 Å². The molecule has 1 atom stereocenters. The Bertz CT molecular complexity index is 549. The van der Waals surface area contributed by atoms with E-state index in [1.807, 2.05) is 30.5 Å². The molecule has 0 aliphatic carbocycles. The summed E-state index contributed by atoms with van der Waals surface area (Å²) in [6, 6.07) is 9.19. The first-order valence-electron chi connectivity index (χ1n) is 5.68. The van der Waals surface area contributed by atoms with Crippen LogP contribution in [0.4, 0.5) is 5.69 Å². The Morgan fingerprint density at radius 1 is 1.39 bits per heavy atom. The summed E-state index contributed by atoms with van der Waals surface area (Å²) in [7, 11) is 0. The number of Topliss-reactive ketones (excluding diaryl/α,β-unsaturated/α-hetero) is 1. The minimum atomic E-state index is -0.534. The molecule has 2 rings (SSSR count). The Hall–Kier alpha value is -1.81. The van der Waals surface area contributed by atoms with Crippen LogP contribution in [0.15, 0.2) is 35.7 Å². The summed E-state index contributed by atoms with van der Waals surface area (Å²) in [6.07, 6.45) is -0.534. The molecule has 0 saturated heterocycles. The van der Waals surface area contributed by atoms with E-state index in [0.29, 0.717) is 16.3 Å². The maximum Gasteiger partial charge on any atom is 0.212 e. The first kappa shape index (κ1) is 12.6. The van der Waals surface area contributed by atoms with Crippen LogP contribution in [0.5, 0.6) is 5.75 Å². The van der Waals surface area contributed by atoms with Crippen LogP contribution in [0.2, 0.25) is 0 Å². The lowest BCUT2D eigenvalue weighted by molar-refractivity contribution is 0.0823. The second-order valence-corrected chi connectivity index (χ2v) is 5.09. The number of benzene rings is 1. The molecule has 0 bridgehead atoms. The van der Waals surface area contributed by atoms with E-state index in [1.54, 1.807) is 19.1 Å². The maximum atomic E-state index is 12.0. The van der Waals surface area contributed by atoms with Gasteiger partial charge in [-0.2, -0.15) is 0 Å². The molecule has 4 heteroatoms. The third kappa shape index (κ3) is 2.71. The standard InChI is InChI=1S/C14H15NO2S/c1-9-5-6-12(11(15)8-9)17-10(2)14(16)13-4-3-7-18-13/h3-8,10H,15H2,1-2H3. The Morgan fingerprint density at radius 2 is 2.17 bits per heavy atom. The van der Waals surface area contributed by atoms with Crippen LogP contribution in [0.1, 0.15) is 22.2 Å². The van der Waals surface area contributed by atoms with Crippen LogP contribution in [0, 0.1) is 6.92 Å². The van der Waals surface area contributed by atoms with Gasteiger partial charge in [-0.1, -0.05) is 12.1 Å². The Kier molecular flexibility index (Phi) is 3.67. The smallest absolute Gasteiger partial charge is 0.212 e. The summed E-state index contributed by atoms with van der Waals surface area (Å²) >= 11 is 1.42. The van der Waals surface area contributed by atoms with Crippen molar-refractivity contribution in [2.24, 2.45) is 0 Å². The van der Waals surface area contributed by atoms with E-state index in [1.165, 1.54) is 11.3 Å². The van der Waals surface area contributed by atoms with Crippen LogP contribution < -0.4 is 10.5 Å². The molecule has 0 fully saturated rings. The lowest BCUT2D eigenvalue weighted by Gasteiger charge is -2.14. The van der Waals surface area contributed by atoms with E-state index in [4.69, 9.17) is 10.5 Å². The minimum Gasteiger partial charge on any atom is -0.480 e. The molecule has 1 unspecified atom stereocenters. The van der Waals surface area contributed by atoms with E-state index in [-0.39, 0.29) is 5.78 Å². The van der Waals surface area contributed by atoms with E-state index < -0.39 is 6.10 Å². The molecule has 0 radical (unpaired) electrons. The number of anilines is 1. The number of carbonyl (C=O) groups excluding carboxylic acids is 1. The van der Waals surface area contributed by atoms with Gasteiger partial charge in [0, 0.05) is 0 Å². The third-order valence-corrected chi connectivity index (χ3v) is 3.49. The van der Waals surface area contributed by atoms with Gasteiger partial charge in [-0.3, -0.25) is 4.79 Å². The van der Waals surface area contributed by atoms with Crippen molar-refractivity contribution in [3.8, 4) is 5.75 Å². The molecule has 94 valence electrons. The number of carbonyl (C=O) groups is 1. The molecule has 2 N–H and O–H groups in total. The van der Waals surface area contributed by atoms with Crippen molar-refractivity contribution >= 4 is 22.8 Å². The number of ketones is 1. The Morgan fingerprint density at radius 3 is 2.78 bits per heavy atom. The highest BCUT2D eigenvalue weighted by Gasteiger charge is 2.18. The van der Waals surface area contributed by atoms with Crippen molar-refractivity contribution in [1.82, 2.24) is 0 Å². The highest BCUT2D eigenvalue weighted by molar-refractivity contribution is 7.12. The molecule has 0 amide bonds. The van der Waals surface area contributed by atoms with Gasteiger partial charge in [0.2, 0.25) is 5.78 Å². The fraction of sp³-hybridized carbons (Fsp3) is 0.214. The zero-order valence-corrected chi connectivity index (χ0v) is 11.2. The van der Waals surface area contributed by atoms with Crippen molar-refractivity contribution in [2.45, 2.75) is 20.0 Å². The molecule has 0 aliphatic heterocycles. The maximum absolute atomic E-state index is 12.0. The average Bonchev–Trinajstić information content (AvgIpc) is 2.85. The molecule has 18 heavy (non-hydrogen) atoms. The summed E-state index contributed by atoms with van der Waals surface area (Å²) < 4.78 is 5.62. The second kappa shape index (κ2) is 5.23. The van der Waals surface area contributed by atoms with Gasteiger partial charge in [-0.05, 0) is 43.0 Å². The quantitative estimate of drug-likeness (QED) is 0.678. The second-order valence-electron chi connectivity index (χ2n) is 4.14. The van der Waals surface area contributed by atoms with Gasteiger partial charge in [0.25, 0.3) is 0 Å². The third-order valence-electron chi connectivity index (χ3n) is 2.60. The monoisotopic (exact) mass is 261 g/mol. The number of ether oxygens (including phenoxy) is 1. The number of thiophene rings is 1. The highest BCUT2D eigenvalue weighted by atomic mass is 32.1. The molecule has 0 saturated carbocycles. The number of aryl methyl sites for hydroxylation is 1. The topological polar surface area (TPSA) is 52.3 Å².